The van der Waals surface area contributed by atoms with Gasteiger partial charge in [-0.3, -0.25) is 4.79 Å². The molecule has 0 aromatic rings. The van der Waals surface area contributed by atoms with Crippen LogP contribution >= 0.6 is 0 Å². The number of esters is 1. The summed E-state index contributed by atoms with van der Waals surface area (Å²) in [6, 6.07) is 0. The van der Waals surface area contributed by atoms with Crippen molar-refractivity contribution in [3.8, 4) is 0 Å². The summed E-state index contributed by atoms with van der Waals surface area (Å²) in [5.74, 6) is 1.18. The summed E-state index contributed by atoms with van der Waals surface area (Å²) in [6.07, 6.45) is 8.42. The Kier molecular flexibility index (Phi) is 5.81. The molecule has 2 aliphatic rings. The minimum absolute atomic E-state index is 0.00291. The van der Waals surface area contributed by atoms with E-state index >= 15 is 0 Å². The van der Waals surface area contributed by atoms with Crippen molar-refractivity contribution in [1.82, 2.24) is 0 Å². The lowest BCUT2D eigenvalue weighted by Crippen LogP contribution is -2.53. The molecule has 2 rings (SSSR count). The Morgan fingerprint density at radius 2 is 1.91 bits per heavy atom. The van der Waals surface area contributed by atoms with E-state index in [2.05, 4.69) is 27.7 Å². The number of hydrogen-bond acceptors (Lipinski definition) is 3. The van der Waals surface area contributed by atoms with E-state index in [4.69, 9.17) is 4.74 Å². The van der Waals surface area contributed by atoms with Crippen LogP contribution in [0.3, 0.4) is 0 Å². The maximum absolute atomic E-state index is 11.6. The molecule has 0 amide bonds. The van der Waals surface area contributed by atoms with Crippen LogP contribution in [-0.2, 0) is 9.53 Å². The van der Waals surface area contributed by atoms with E-state index in [-0.39, 0.29) is 17.5 Å². The van der Waals surface area contributed by atoms with E-state index in [1.165, 1.54) is 19.8 Å². The SMILES string of the molecule is CC(=O)O[C@H]1CCC[C@@]2(C)[C@H]1CC[C@]2(O)[C@H](C)CCCC(C)C. The number of aliphatic hydroxyl groups is 1. The van der Waals surface area contributed by atoms with Gasteiger partial charge in [0.2, 0.25) is 0 Å². The first kappa shape index (κ1) is 18.8. The molecule has 1 N–H and O–H groups in total. The fraction of sp³-hybridized carbons (Fsp3) is 0.950. The number of hydrogen-bond donors (Lipinski definition) is 1. The molecule has 23 heavy (non-hydrogen) atoms. The van der Waals surface area contributed by atoms with Crippen molar-refractivity contribution in [1.29, 1.82) is 0 Å². The van der Waals surface area contributed by atoms with Gasteiger partial charge in [0, 0.05) is 18.3 Å². The molecule has 134 valence electrons. The minimum atomic E-state index is -0.604. The number of ether oxygens (including phenoxy) is 1. The van der Waals surface area contributed by atoms with Crippen molar-refractivity contribution >= 4 is 5.97 Å². The van der Waals surface area contributed by atoms with E-state index in [1.54, 1.807) is 0 Å². The molecule has 0 heterocycles. The molecule has 0 aliphatic heterocycles. The third kappa shape index (κ3) is 3.60. The van der Waals surface area contributed by atoms with Gasteiger partial charge in [-0.1, -0.05) is 40.5 Å². The normalized spacial score (nSPS) is 38.4. The molecule has 2 aliphatic carbocycles. The summed E-state index contributed by atoms with van der Waals surface area (Å²) >= 11 is 0. The second-order valence-electron chi connectivity index (χ2n) is 8.75. The van der Waals surface area contributed by atoms with Gasteiger partial charge in [0.15, 0.2) is 0 Å². The Hall–Kier alpha value is -0.570. The Morgan fingerprint density at radius 1 is 1.22 bits per heavy atom. The molecular formula is C20H36O3. The molecule has 5 atom stereocenters. The first-order valence-corrected chi connectivity index (χ1v) is 9.60. The molecule has 2 fully saturated rings. The average molecular weight is 325 g/mol. The molecule has 0 aromatic heterocycles. The Balaban J connectivity index is 2.09. The predicted molar refractivity (Wildman–Crippen MR) is 93.0 cm³/mol. The molecule has 0 spiro atoms. The zero-order valence-electron chi connectivity index (χ0n) is 15.7. The van der Waals surface area contributed by atoms with Crippen LogP contribution in [0.4, 0.5) is 0 Å². The third-order valence-corrected chi connectivity index (χ3v) is 6.83. The monoisotopic (exact) mass is 324 g/mol. The summed E-state index contributed by atoms with van der Waals surface area (Å²) in [6.45, 7) is 10.5. The maximum Gasteiger partial charge on any atom is 0.302 e. The van der Waals surface area contributed by atoms with Gasteiger partial charge in [-0.05, 0) is 50.4 Å². The predicted octanol–water partition coefficient (Wildman–Crippen LogP) is 4.71. The Labute approximate surface area is 142 Å². The lowest BCUT2D eigenvalue weighted by molar-refractivity contribution is -0.169. The maximum atomic E-state index is 11.6. The van der Waals surface area contributed by atoms with Crippen molar-refractivity contribution in [2.45, 2.75) is 97.7 Å². The van der Waals surface area contributed by atoms with Gasteiger partial charge >= 0.3 is 5.97 Å². The van der Waals surface area contributed by atoms with Gasteiger partial charge in [0.05, 0.1) is 5.60 Å². The molecular weight excluding hydrogens is 288 g/mol. The second-order valence-corrected chi connectivity index (χ2v) is 8.75. The molecule has 3 nitrogen and oxygen atoms in total. The lowest BCUT2D eigenvalue weighted by Gasteiger charge is -2.50. The summed E-state index contributed by atoms with van der Waals surface area (Å²) in [4.78, 5) is 11.4. The van der Waals surface area contributed by atoms with Crippen LogP contribution in [0.15, 0.2) is 0 Å². The quantitative estimate of drug-likeness (QED) is 0.720. The molecule has 0 unspecified atom stereocenters. The van der Waals surface area contributed by atoms with Crippen LogP contribution in [0.1, 0.15) is 86.0 Å². The van der Waals surface area contributed by atoms with Crippen LogP contribution in [0.2, 0.25) is 0 Å². The van der Waals surface area contributed by atoms with Crippen molar-refractivity contribution < 1.29 is 14.6 Å². The van der Waals surface area contributed by atoms with Crippen molar-refractivity contribution in [3.05, 3.63) is 0 Å². The topological polar surface area (TPSA) is 46.5 Å². The lowest BCUT2D eigenvalue weighted by atomic mass is 9.59. The van der Waals surface area contributed by atoms with E-state index in [0.29, 0.717) is 11.8 Å². The largest absolute Gasteiger partial charge is 0.462 e. The highest BCUT2D eigenvalue weighted by molar-refractivity contribution is 5.66. The first-order chi connectivity index (χ1) is 10.7. The zero-order valence-corrected chi connectivity index (χ0v) is 15.7. The Morgan fingerprint density at radius 3 is 2.52 bits per heavy atom. The van der Waals surface area contributed by atoms with E-state index in [1.807, 2.05) is 0 Å². The van der Waals surface area contributed by atoms with Crippen LogP contribution < -0.4 is 0 Å². The van der Waals surface area contributed by atoms with E-state index in [0.717, 1.165) is 44.4 Å². The van der Waals surface area contributed by atoms with Crippen molar-refractivity contribution in [2.24, 2.45) is 23.2 Å². The van der Waals surface area contributed by atoms with Crippen LogP contribution in [0.5, 0.6) is 0 Å². The summed E-state index contributed by atoms with van der Waals surface area (Å²) in [5.41, 5.74) is -0.712. The summed E-state index contributed by atoms with van der Waals surface area (Å²) in [5, 5.41) is 11.6. The molecule has 0 bridgehead atoms. The van der Waals surface area contributed by atoms with E-state index < -0.39 is 5.60 Å². The van der Waals surface area contributed by atoms with Gasteiger partial charge in [0.25, 0.3) is 0 Å². The van der Waals surface area contributed by atoms with Gasteiger partial charge in [0.1, 0.15) is 6.10 Å². The van der Waals surface area contributed by atoms with Crippen LogP contribution in [-0.4, -0.2) is 22.8 Å². The molecule has 0 saturated heterocycles. The molecule has 0 aromatic carbocycles. The second kappa shape index (κ2) is 7.13. The Bertz CT molecular complexity index is 419. The first-order valence-electron chi connectivity index (χ1n) is 9.60. The fourth-order valence-electron chi connectivity index (χ4n) is 5.40. The fourth-order valence-corrected chi connectivity index (χ4v) is 5.40. The van der Waals surface area contributed by atoms with Gasteiger partial charge in [-0.25, -0.2) is 0 Å². The summed E-state index contributed by atoms with van der Waals surface area (Å²) < 4.78 is 5.61. The number of rotatable bonds is 6. The standard InChI is InChI=1S/C20H36O3/c1-14(2)8-6-9-15(3)20(22)13-11-17-18(23-16(4)21)10-7-12-19(17,20)5/h14-15,17-18,22H,6-13H2,1-5H3/t15-,17+,18+,19+,20+/m1/s1. The van der Waals surface area contributed by atoms with Crippen LogP contribution in [0, 0.1) is 23.2 Å². The van der Waals surface area contributed by atoms with Crippen molar-refractivity contribution in [2.75, 3.05) is 0 Å². The smallest absolute Gasteiger partial charge is 0.302 e. The highest BCUT2D eigenvalue weighted by Gasteiger charge is 2.61. The zero-order chi connectivity index (χ0) is 17.3. The van der Waals surface area contributed by atoms with Crippen LogP contribution in [0.25, 0.3) is 0 Å². The molecule has 3 heteroatoms. The van der Waals surface area contributed by atoms with Gasteiger partial charge in [-0.2, -0.15) is 0 Å². The van der Waals surface area contributed by atoms with Gasteiger partial charge < -0.3 is 9.84 Å². The minimum Gasteiger partial charge on any atom is -0.462 e. The number of carbonyl (C=O) groups excluding carboxylic acids is 1. The average Bonchev–Trinajstić information content (AvgIpc) is 2.72. The summed E-state index contributed by atoms with van der Waals surface area (Å²) in [7, 11) is 0. The number of fused-ring (bicyclic) bond motifs is 1. The highest BCUT2D eigenvalue weighted by atomic mass is 16.5. The van der Waals surface area contributed by atoms with E-state index in [9.17, 15) is 9.90 Å². The van der Waals surface area contributed by atoms with Gasteiger partial charge in [-0.15, -0.1) is 0 Å². The highest BCUT2D eigenvalue weighted by Crippen LogP contribution is 2.61. The third-order valence-electron chi connectivity index (χ3n) is 6.83. The molecule has 2 saturated carbocycles. The molecule has 0 radical (unpaired) electrons. The number of carbonyl (C=O) groups is 1. The van der Waals surface area contributed by atoms with Crippen molar-refractivity contribution in [3.63, 3.8) is 0 Å².